The van der Waals surface area contributed by atoms with Crippen molar-refractivity contribution in [2.75, 3.05) is 0 Å². The summed E-state index contributed by atoms with van der Waals surface area (Å²) >= 11 is 20.4. The molecule has 0 saturated heterocycles. The van der Waals surface area contributed by atoms with Crippen LogP contribution in [0.2, 0.25) is 15.1 Å². The van der Waals surface area contributed by atoms with Gasteiger partial charge in [-0.1, -0.05) is 59.9 Å². The van der Waals surface area contributed by atoms with E-state index in [0.717, 1.165) is 29.3 Å². The van der Waals surface area contributed by atoms with Crippen molar-refractivity contribution in [2.24, 2.45) is 0 Å². The fourth-order valence-corrected chi connectivity index (χ4v) is 4.53. The number of aliphatic carboxylic acids is 1. The largest absolute Gasteiger partial charge is 0.481 e. The number of carboxylic acids is 1. The van der Waals surface area contributed by atoms with E-state index in [4.69, 9.17) is 39.9 Å². The van der Waals surface area contributed by atoms with Gasteiger partial charge in [-0.2, -0.15) is 0 Å². The molecule has 1 unspecified atom stereocenters. The predicted molar refractivity (Wildman–Crippen MR) is 126 cm³/mol. The Hall–Kier alpha value is -1.66. The lowest BCUT2D eigenvalue weighted by Gasteiger charge is -2.19. The van der Waals surface area contributed by atoms with Crippen LogP contribution in [0.1, 0.15) is 25.3 Å². The van der Waals surface area contributed by atoms with Crippen LogP contribution < -0.4 is 0 Å². The second-order valence-corrected chi connectivity index (χ2v) is 9.02. The van der Waals surface area contributed by atoms with Crippen LogP contribution in [0.4, 0.5) is 0 Å². The Bertz CT molecular complexity index is 898. The molecule has 0 aliphatic rings. The Morgan fingerprint density at radius 2 is 1.77 bits per heavy atom. The number of aryl methyl sites for hydroxylation is 1. The molecular weight excluding hydrogens is 463 g/mol. The maximum atomic E-state index is 9.37. The highest BCUT2D eigenvalue weighted by molar-refractivity contribution is 8.00. The Morgan fingerprint density at radius 1 is 1.13 bits per heavy atom. The molecule has 2 aromatic carbocycles. The van der Waals surface area contributed by atoms with E-state index in [9.17, 15) is 4.79 Å². The number of thioether (sulfide) groups is 1. The molecule has 1 heterocycles. The molecule has 1 N–H and O–H groups in total. The summed E-state index contributed by atoms with van der Waals surface area (Å²) in [5.41, 5.74) is 1.27. The molecule has 3 rings (SSSR count). The van der Waals surface area contributed by atoms with E-state index in [1.165, 1.54) is 5.56 Å². The van der Waals surface area contributed by atoms with Gasteiger partial charge >= 0.3 is 5.97 Å². The average molecular weight is 486 g/mol. The summed E-state index contributed by atoms with van der Waals surface area (Å²) in [6.07, 6.45) is 7.79. The summed E-state index contributed by atoms with van der Waals surface area (Å²) in [5, 5.41) is 10.2. The summed E-state index contributed by atoms with van der Waals surface area (Å²) in [6.45, 7) is 2.45. The number of benzene rings is 2. The highest BCUT2D eigenvalue weighted by Gasteiger charge is 2.16. The van der Waals surface area contributed by atoms with Crippen LogP contribution in [0.5, 0.6) is 0 Å². The molecule has 0 radical (unpaired) electrons. The van der Waals surface area contributed by atoms with Crippen LogP contribution in [-0.2, 0) is 17.8 Å². The second kappa shape index (κ2) is 12.9. The minimum Gasteiger partial charge on any atom is -0.481 e. The number of nitrogens with zero attached hydrogens (tertiary/aromatic N) is 2. The van der Waals surface area contributed by atoms with Crippen LogP contribution in [0, 0.1) is 0 Å². The standard InChI is InChI=1S/C19H17Cl3N2S.C3H6O2/c20-15-7-4-14(5-8-15)6-9-16(12-24-11-10-23-13-24)25-19-17(21)2-1-3-18(19)22;1-2-3(4)5/h1-5,7-8,10-11,13,16H,6,9,12H2;2H2,1H3,(H,4,5). The zero-order valence-corrected chi connectivity index (χ0v) is 19.6. The SMILES string of the molecule is CCC(=O)O.Clc1ccc(CCC(Cn2ccnc2)Sc2c(Cl)cccc2Cl)cc1. The van der Waals surface area contributed by atoms with Gasteiger partial charge in [0, 0.05) is 40.5 Å². The van der Waals surface area contributed by atoms with E-state index in [2.05, 4.69) is 21.7 Å². The minimum absolute atomic E-state index is 0.222. The Balaban J connectivity index is 0.000000575. The second-order valence-electron chi connectivity index (χ2n) is 6.46. The summed E-state index contributed by atoms with van der Waals surface area (Å²) in [5.74, 6) is -0.745. The van der Waals surface area contributed by atoms with Gasteiger partial charge in [0.25, 0.3) is 0 Å². The minimum atomic E-state index is -0.745. The molecule has 0 aliphatic carbocycles. The fourth-order valence-electron chi connectivity index (χ4n) is 2.56. The maximum Gasteiger partial charge on any atom is 0.303 e. The number of carboxylic acid groups (broad SMARTS) is 1. The third-order valence-electron chi connectivity index (χ3n) is 4.15. The van der Waals surface area contributed by atoms with Gasteiger partial charge in [0.2, 0.25) is 0 Å². The maximum absolute atomic E-state index is 9.37. The molecule has 0 aliphatic heterocycles. The van der Waals surface area contributed by atoms with E-state index in [1.54, 1.807) is 24.9 Å². The van der Waals surface area contributed by atoms with Crippen molar-refractivity contribution < 1.29 is 9.90 Å². The topological polar surface area (TPSA) is 55.1 Å². The number of hydrogen-bond donors (Lipinski definition) is 1. The number of imidazole rings is 1. The van der Waals surface area contributed by atoms with E-state index in [-0.39, 0.29) is 6.42 Å². The van der Waals surface area contributed by atoms with Crippen molar-refractivity contribution >= 4 is 52.5 Å². The van der Waals surface area contributed by atoms with Gasteiger partial charge in [-0.15, -0.1) is 11.8 Å². The van der Waals surface area contributed by atoms with E-state index >= 15 is 0 Å². The molecule has 0 fully saturated rings. The van der Waals surface area contributed by atoms with Gasteiger partial charge < -0.3 is 9.67 Å². The zero-order chi connectivity index (χ0) is 21.9. The third-order valence-corrected chi connectivity index (χ3v) is 6.65. The van der Waals surface area contributed by atoms with Crippen molar-refractivity contribution in [1.82, 2.24) is 9.55 Å². The molecular formula is C22H23Cl3N2O2S. The highest BCUT2D eigenvalue weighted by Crippen LogP contribution is 2.38. The molecule has 0 spiro atoms. The molecule has 0 amide bonds. The normalized spacial score (nSPS) is 11.5. The molecule has 1 aromatic heterocycles. The van der Waals surface area contributed by atoms with Crippen molar-refractivity contribution in [2.45, 2.75) is 42.9 Å². The molecule has 160 valence electrons. The summed E-state index contributed by atoms with van der Waals surface area (Å²) in [7, 11) is 0. The first-order valence-electron chi connectivity index (χ1n) is 9.41. The monoisotopic (exact) mass is 484 g/mol. The Kier molecular flexibility index (Phi) is 10.6. The Morgan fingerprint density at radius 3 is 2.30 bits per heavy atom. The smallest absolute Gasteiger partial charge is 0.303 e. The zero-order valence-electron chi connectivity index (χ0n) is 16.5. The lowest BCUT2D eigenvalue weighted by molar-refractivity contribution is -0.136. The number of rotatable bonds is 8. The summed E-state index contributed by atoms with van der Waals surface area (Å²) in [4.78, 5) is 14.4. The van der Waals surface area contributed by atoms with E-state index < -0.39 is 5.97 Å². The van der Waals surface area contributed by atoms with E-state index in [1.807, 2.05) is 42.9 Å². The van der Waals surface area contributed by atoms with Crippen LogP contribution in [0.25, 0.3) is 0 Å². The molecule has 3 aromatic rings. The summed E-state index contributed by atoms with van der Waals surface area (Å²) in [6, 6.07) is 13.6. The van der Waals surface area contributed by atoms with Crippen LogP contribution in [-0.4, -0.2) is 25.9 Å². The number of hydrogen-bond acceptors (Lipinski definition) is 3. The lowest BCUT2D eigenvalue weighted by Crippen LogP contribution is -2.13. The molecule has 30 heavy (non-hydrogen) atoms. The number of halogens is 3. The molecule has 4 nitrogen and oxygen atoms in total. The van der Waals surface area contributed by atoms with Gasteiger partial charge in [-0.05, 0) is 42.7 Å². The van der Waals surface area contributed by atoms with Gasteiger partial charge in [0.05, 0.1) is 16.4 Å². The predicted octanol–water partition coefficient (Wildman–Crippen LogP) is 7.12. The van der Waals surface area contributed by atoms with Crippen molar-refractivity contribution in [3.63, 3.8) is 0 Å². The van der Waals surface area contributed by atoms with E-state index in [0.29, 0.717) is 15.3 Å². The van der Waals surface area contributed by atoms with Gasteiger partial charge in [0.1, 0.15) is 0 Å². The first-order chi connectivity index (χ1) is 14.4. The van der Waals surface area contributed by atoms with Gasteiger partial charge in [0.15, 0.2) is 0 Å². The van der Waals surface area contributed by atoms with Crippen molar-refractivity contribution in [3.8, 4) is 0 Å². The quantitative estimate of drug-likeness (QED) is 0.345. The molecule has 8 heteroatoms. The first-order valence-corrected chi connectivity index (χ1v) is 11.4. The summed E-state index contributed by atoms with van der Waals surface area (Å²) < 4.78 is 2.09. The number of aromatic nitrogens is 2. The third kappa shape index (κ3) is 8.60. The number of carbonyl (C=O) groups is 1. The molecule has 0 saturated carbocycles. The first kappa shape index (κ1) is 24.6. The van der Waals surface area contributed by atoms with Crippen LogP contribution >= 0.6 is 46.6 Å². The van der Waals surface area contributed by atoms with Crippen molar-refractivity contribution in [1.29, 1.82) is 0 Å². The fraction of sp³-hybridized carbons (Fsp3) is 0.273. The lowest BCUT2D eigenvalue weighted by atomic mass is 10.1. The molecule has 0 bridgehead atoms. The molecule has 1 atom stereocenters. The van der Waals surface area contributed by atoms with Gasteiger partial charge in [-0.3, -0.25) is 4.79 Å². The average Bonchev–Trinajstić information content (AvgIpc) is 3.23. The van der Waals surface area contributed by atoms with Crippen molar-refractivity contribution in [3.05, 3.63) is 81.8 Å². The Labute approximate surface area is 196 Å². The van der Waals surface area contributed by atoms with Crippen LogP contribution in [0.15, 0.2) is 66.1 Å². The highest BCUT2D eigenvalue weighted by atomic mass is 35.5. The van der Waals surface area contributed by atoms with Crippen LogP contribution in [0.3, 0.4) is 0 Å². The van der Waals surface area contributed by atoms with Gasteiger partial charge in [-0.25, -0.2) is 4.98 Å².